The van der Waals surface area contributed by atoms with Crippen LogP contribution in [-0.2, 0) is 39.9 Å². The predicted molar refractivity (Wildman–Crippen MR) is 143 cm³/mol. The average molecular weight is 545 g/mol. The number of rotatable bonds is 10. The number of nitrogens with zero attached hydrogens (tertiary/aromatic N) is 1. The maximum absolute atomic E-state index is 13.9. The molecule has 10 nitrogen and oxygen atoms in total. The second-order valence-electron chi connectivity index (χ2n) is 11.4. The van der Waals surface area contributed by atoms with Crippen LogP contribution in [0.2, 0.25) is 0 Å². The Morgan fingerprint density at radius 3 is 2.44 bits per heavy atom. The van der Waals surface area contributed by atoms with Gasteiger partial charge >= 0.3 is 17.9 Å². The third-order valence-corrected chi connectivity index (χ3v) is 7.29. The molecule has 0 spiro atoms. The third kappa shape index (κ3) is 7.80. The molecule has 0 saturated heterocycles. The minimum absolute atomic E-state index is 0.0216. The Morgan fingerprint density at radius 1 is 1.15 bits per heavy atom. The third-order valence-electron chi connectivity index (χ3n) is 7.29. The van der Waals surface area contributed by atoms with Crippen LogP contribution in [0, 0.1) is 11.3 Å². The average Bonchev–Trinajstić information content (AvgIpc) is 3.28. The van der Waals surface area contributed by atoms with Gasteiger partial charge in [-0.15, -0.1) is 0 Å². The second kappa shape index (κ2) is 12.6. The highest BCUT2D eigenvalue weighted by molar-refractivity contribution is 6.03. The molecule has 1 aliphatic carbocycles. The van der Waals surface area contributed by atoms with E-state index in [9.17, 15) is 29.1 Å². The number of esters is 2. The molecule has 0 aromatic heterocycles. The summed E-state index contributed by atoms with van der Waals surface area (Å²) < 4.78 is 10.6. The van der Waals surface area contributed by atoms with Gasteiger partial charge in [0, 0.05) is 5.69 Å². The molecule has 0 bridgehead atoms. The lowest BCUT2D eigenvalue weighted by Gasteiger charge is -2.34. The number of para-hydroxylation sites is 1. The minimum Gasteiger partial charge on any atom is -0.481 e. The monoisotopic (exact) mass is 544 g/mol. The van der Waals surface area contributed by atoms with E-state index >= 15 is 0 Å². The fraction of sp³-hybridized carbons (Fsp3) is 0.621. The summed E-state index contributed by atoms with van der Waals surface area (Å²) in [7, 11) is 0. The van der Waals surface area contributed by atoms with Crippen molar-refractivity contribution in [3.05, 3.63) is 29.8 Å². The van der Waals surface area contributed by atoms with Crippen LogP contribution in [0.1, 0.15) is 78.2 Å². The van der Waals surface area contributed by atoms with Gasteiger partial charge in [-0.05, 0) is 71.4 Å². The normalized spacial score (nSPS) is 19.4. The molecule has 1 unspecified atom stereocenters. The van der Waals surface area contributed by atoms with Gasteiger partial charge in [-0.25, -0.2) is 0 Å². The fourth-order valence-corrected chi connectivity index (χ4v) is 5.54. The number of anilines is 1. The Kier molecular flexibility index (Phi) is 9.74. The first-order valence-corrected chi connectivity index (χ1v) is 13.7. The van der Waals surface area contributed by atoms with Crippen molar-refractivity contribution in [2.24, 2.45) is 11.3 Å². The number of nitrogens with one attached hydrogen (secondary N) is 1. The minimum atomic E-state index is -1.15. The lowest BCUT2D eigenvalue weighted by Crippen LogP contribution is -2.53. The van der Waals surface area contributed by atoms with Crippen LogP contribution >= 0.6 is 0 Å². The van der Waals surface area contributed by atoms with E-state index < -0.39 is 53.2 Å². The molecular weight excluding hydrogens is 504 g/mol. The summed E-state index contributed by atoms with van der Waals surface area (Å²) in [5.41, 5.74) is -0.311. The number of aliphatic carboxylic acids is 1. The van der Waals surface area contributed by atoms with E-state index in [0.717, 1.165) is 18.4 Å². The zero-order valence-corrected chi connectivity index (χ0v) is 23.3. The van der Waals surface area contributed by atoms with Gasteiger partial charge in [-0.1, -0.05) is 31.0 Å². The SMILES string of the molecule is CCOC(=O)CN1C(=O)[C@@H](NC(=O)C2(CC(CC(=O)O)C(=O)OC(C)(C)C)CCCC2)CCc2ccccc21. The van der Waals surface area contributed by atoms with Crippen LogP contribution in [0.15, 0.2) is 24.3 Å². The maximum atomic E-state index is 13.9. The van der Waals surface area contributed by atoms with Gasteiger partial charge in [0.15, 0.2) is 0 Å². The number of carbonyl (C=O) groups excluding carboxylic acids is 4. The molecule has 2 N–H and O–H groups in total. The first kappa shape index (κ1) is 30.1. The van der Waals surface area contributed by atoms with Crippen molar-refractivity contribution >= 4 is 35.4 Å². The number of benzene rings is 1. The number of aryl methyl sites for hydroxylation is 1. The molecule has 3 rings (SSSR count). The Hall–Kier alpha value is -3.43. The van der Waals surface area contributed by atoms with Crippen LogP contribution in [0.25, 0.3) is 0 Å². The Morgan fingerprint density at radius 2 is 1.82 bits per heavy atom. The van der Waals surface area contributed by atoms with E-state index in [1.807, 2.05) is 12.1 Å². The van der Waals surface area contributed by atoms with E-state index in [1.54, 1.807) is 39.8 Å². The number of carbonyl (C=O) groups is 5. The van der Waals surface area contributed by atoms with E-state index in [1.165, 1.54) is 4.90 Å². The van der Waals surface area contributed by atoms with Crippen molar-refractivity contribution in [2.75, 3.05) is 18.1 Å². The predicted octanol–water partition coefficient (Wildman–Crippen LogP) is 3.40. The molecule has 1 saturated carbocycles. The van der Waals surface area contributed by atoms with Crippen LogP contribution in [0.3, 0.4) is 0 Å². The van der Waals surface area contributed by atoms with Crippen LogP contribution in [-0.4, -0.2) is 59.6 Å². The number of hydrogen-bond donors (Lipinski definition) is 2. The van der Waals surface area contributed by atoms with Gasteiger partial charge in [0.05, 0.1) is 24.4 Å². The smallest absolute Gasteiger partial charge is 0.326 e. The first-order valence-electron chi connectivity index (χ1n) is 13.7. The molecule has 1 aliphatic heterocycles. The lowest BCUT2D eigenvalue weighted by atomic mass is 9.75. The standard InChI is InChI=1S/C29H40N2O8/c1-5-38-24(34)18-31-22-11-7-6-10-19(22)12-13-21(25(31)35)30-27(37)29(14-8-9-15-29)17-20(16-23(32)33)26(36)39-28(2,3)4/h6-7,10-11,20-21H,5,8-9,12-18H2,1-4H3,(H,30,37)(H,32,33)/t20?,21-/m0/s1. The largest absolute Gasteiger partial charge is 0.481 e. The maximum Gasteiger partial charge on any atom is 0.326 e. The Balaban J connectivity index is 1.85. The van der Waals surface area contributed by atoms with Gasteiger partial charge in [0.2, 0.25) is 11.8 Å². The van der Waals surface area contributed by atoms with Gasteiger partial charge in [-0.3, -0.25) is 28.9 Å². The van der Waals surface area contributed by atoms with Crippen molar-refractivity contribution in [1.29, 1.82) is 0 Å². The number of fused-ring (bicyclic) bond motifs is 1. The van der Waals surface area contributed by atoms with Crippen molar-refractivity contribution in [3.63, 3.8) is 0 Å². The molecule has 1 aromatic carbocycles. The quantitative estimate of drug-likeness (QED) is 0.427. The van der Waals surface area contributed by atoms with Crippen LogP contribution in [0.4, 0.5) is 5.69 Å². The van der Waals surface area contributed by atoms with E-state index in [2.05, 4.69) is 5.32 Å². The molecule has 2 amide bonds. The fourth-order valence-electron chi connectivity index (χ4n) is 5.54. The van der Waals surface area contributed by atoms with Gasteiger partial charge < -0.3 is 19.9 Å². The molecule has 0 radical (unpaired) electrons. The molecule has 214 valence electrons. The summed E-state index contributed by atoms with van der Waals surface area (Å²) in [5, 5.41) is 12.4. The van der Waals surface area contributed by atoms with Gasteiger partial charge in [-0.2, -0.15) is 0 Å². The number of hydrogen-bond acceptors (Lipinski definition) is 7. The number of carboxylic acid groups (broad SMARTS) is 1. The molecule has 2 atom stereocenters. The number of ether oxygens (including phenoxy) is 2. The zero-order chi connectivity index (χ0) is 28.8. The summed E-state index contributed by atoms with van der Waals surface area (Å²) in [6.07, 6.45) is 2.88. The van der Waals surface area contributed by atoms with E-state index in [-0.39, 0.29) is 25.5 Å². The molecule has 1 aromatic rings. The van der Waals surface area contributed by atoms with E-state index in [0.29, 0.717) is 31.4 Å². The summed E-state index contributed by atoms with van der Waals surface area (Å²) >= 11 is 0. The number of carboxylic acids is 1. The molecule has 1 fully saturated rings. The highest BCUT2D eigenvalue weighted by Gasteiger charge is 2.47. The van der Waals surface area contributed by atoms with E-state index in [4.69, 9.17) is 9.47 Å². The highest BCUT2D eigenvalue weighted by atomic mass is 16.6. The topological polar surface area (TPSA) is 139 Å². The second-order valence-corrected chi connectivity index (χ2v) is 11.4. The molecule has 2 aliphatic rings. The number of amides is 2. The van der Waals surface area contributed by atoms with Crippen molar-refractivity contribution in [2.45, 2.75) is 90.7 Å². The molecule has 39 heavy (non-hydrogen) atoms. The van der Waals surface area contributed by atoms with Gasteiger partial charge in [0.25, 0.3) is 0 Å². The molecule has 10 heteroatoms. The van der Waals surface area contributed by atoms with Crippen molar-refractivity contribution < 1.29 is 38.6 Å². The summed E-state index contributed by atoms with van der Waals surface area (Å²) in [6.45, 7) is 6.71. The summed E-state index contributed by atoms with van der Waals surface area (Å²) in [6, 6.07) is 6.41. The first-order chi connectivity index (χ1) is 18.3. The van der Waals surface area contributed by atoms with Crippen LogP contribution in [0.5, 0.6) is 0 Å². The summed E-state index contributed by atoms with van der Waals surface area (Å²) in [4.78, 5) is 65.8. The summed E-state index contributed by atoms with van der Waals surface area (Å²) in [5.74, 6) is -4.13. The lowest BCUT2D eigenvalue weighted by molar-refractivity contribution is -0.164. The molecule has 1 heterocycles. The van der Waals surface area contributed by atoms with Crippen molar-refractivity contribution in [3.8, 4) is 0 Å². The van der Waals surface area contributed by atoms with Gasteiger partial charge in [0.1, 0.15) is 18.2 Å². The Labute approximate surface area is 229 Å². The molecular formula is C29H40N2O8. The van der Waals surface area contributed by atoms with Crippen molar-refractivity contribution in [1.82, 2.24) is 5.32 Å². The van der Waals surface area contributed by atoms with Crippen LogP contribution < -0.4 is 10.2 Å². The highest BCUT2D eigenvalue weighted by Crippen LogP contribution is 2.45. The Bertz CT molecular complexity index is 1090. The zero-order valence-electron chi connectivity index (χ0n) is 23.3.